The number of fused-ring (bicyclic) bond motifs is 3. The molecule has 2 fully saturated rings. The van der Waals surface area contributed by atoms with E-state index in [9.17, 15) is 13.6 Å². The maximum atomic E-state index is 12.4. The Morgan fingerprint density at radius 1 is 1.13 bits per heavy atom. The van der Waals surface area contributed by atoms with E-state index in [1.807, 2.05) is 31.2 Å². The molecule has 2 heterocycles. The first-order valence-corrected chi connectivity index (χ1v) is 18.6. The van der Waals surface area contributed by atoms with Crippen molar-refractivity contribution in [2.24, 2.45) is 23.7 Å². The van der Waals surface area contributed by atoms with E-state index < -0.39 is 11.1 Å². The highest BCUT2D eigenvalue weighted by atomic mass is 35.5. The smallest absolute Gasteiger partial charge is 0.341 e. The quantitative estimate of drug-likeness (QED) is 0.306. The number of hydrogen-bond acceptors (Lipinski definition) is 7. The summed E-state index contributed by atoms with van der Waals surface area (Å²) in [4.78, 5) is 14.9. The maximum absolute atomic E-state index is 12.4. The molecule has 46 heavy (non-hydrogen) atoms. The minimum atomic E-state index is -2.06. The van der Waals surface area contributed by atoms with Gasteiger partial charge >= 0.3 is 5.91 Å². The number of benzene rings is 2. The number of rotatable bonds is 11. The molecule has 0 aromatic heterocycles. The van der Waals surface area contributed by atoms with Crippen LogP contribution in [0, 0.1) is 23.7 Å². The van der Waals surface area contributed by atoms with Crippen LogP contribution in [-0.2, 0) is 32.4 Å². The first-order chi connectivity index (χ1) is 22.1. The van der Waals surface area contributed by atoms with Crippen LogP contribution in [0.2, 0.25) is 5.02 Å². The van der Waals surface area contributed by atoms with Crippen LogP contribution in [0.15, 0.2) is 36.4 Å². The summed E-state index contributed by atoms with van der Waals surface area (Å²) < 4.78 is 42.2. The number of ether oxygens (including phenoxy) is 3. The minimum Gasteiger partial charge on any atom is -0.772 e. The molecule has 1 amide bonds. The molecule has 1 saturated heterocycles. The lowest BCUT2D eigenvalue weighted by atomic mass is 9.64. The number of halogens is 1. The summed E-state index contributed by atoms with van der Waals surface area (Å²) in [6, 6.07) is 12.0. The molecule has 8 nitrogen and oxygen atoms in total. The van der Waals surface area contributed by atoms with E-state index in [1.54, 1.807) is 6.92 Å². The summed E-state index contributed by atoms with van der Waals surface area (Å²) in [5, 5.41) is 0.412. The Morgan fingerprint density at radius 3 is 2.65 bits per heavy atom. The Kier molecular flexibility index (Phi) is 10.8. The fourth-order valence-corrected chi connectivity index (χ4v) is 9.07. The van der Waals surface area contributed by atoms with Gasteiger partial charge in [-0.05, 0) is 111 Å². The molecule has 10 heteroatoms. The second-order valence-electron chi connectivity index (χ2n) is 14.2. The van der Waals surface area contributed by atoms with Crippen LogP contribution in [0.1, 0.15) is 86.7 Å². The average molecular weight is 673 g/mol. The Bertz CT molecular complexity index is 1420. The molecule has 2 aromatic rings. The number of nitrogens with zero attached hydrogens (tertiary/aromatic N) is 1. The molecule has 252 valence electrons. The average Bonchev–Trinajstić information content (AvgIpc) is 3.19. The number of aryl methyl sites for hydroxylation is 1. The van der Waals surface area contributed by atoms with Crippen LogP contribution >= 0.6 is 11.6 Å². The van der Waals surface area contributed by atoms with Gasteiger partial charge in [0.25, 0.3) is 0 Å². The van der Waals surface area contributed by atoms with E-state index in [2.05, 4.69) is 22.8 Å². The largest absolute Gasteiger partial charge is 0.772 e. The van der Waals surface area contributed by atoms with Gasteiger partial charge in [-0.15, -0.1) is 0 Å². The zero-order chi connectivity index (χ0) is 32.4. The van der Waals surface area contributed by atoms with Crippen LogP contribution in [0.25, 0.3) is 0 Å². The molecule has 0 radical (unpaired) electrons. The molecule has 7 atom stereocenters. The highest BCUT2D eigenvalue weighted by molar-refractivity contribution is 7.79. The van der Waals surface area contributed by atoms with Crippen molar-refractivity contribution in [2.45, 2.75) is 88.6 Å². The van der Waals surface area contributed by atoms with Gasteiger partial charge in [0.1, 0.15) is 5.75 Å². The van der Waals surface area contributed by atoms with Crippen molar-refractivity contribution in [3.05, 3.63) is 58.1 Å². The zero-order valence-corrected chi connectivity index (χ0v) is 28.8. The van der Waals surface area contributed by atoms with Crippen molar-refractivity contribution in [3.63, 3.8) is 0 Å². The van der Waals surface area contributed by atoms with Crippen LogP contribution < -0.4 is 15.4 Å². The van der Waals surface area contributed by atoms with E-state index in [0.717, 1.165) is 87.3 Å². The molecule has 4 aliphatic rings. The molecule has 1 spiro atoms. The summed E-state index contributed by atoms with van der Waals surface area (Å²) in [5.41, 5.74) is 7.69. The predicted molar refractivity (Wildman–Crippen MR) is 179 cm³/mol. The topological polar surface area (TPSA) is 116 Å². The first-order valence-electron chi connectivity index (χ1n) is 17.1. The lowest BCUT2D eigenvalue weighted by Crippen LogP contribution is -2.56. The van der Waals surface area contributed by atoms with Crippen molar-refractivity contribution in [1.82, 2.24) is 0 Å². The number of quaternary nitrogens is 1. The summed E-state index contributed by atoms with van der Waals surface area (Å²) in [6.07, 6.45) is 8.80. The van der Waals surface area contributed by atoms with Gasteiger partial charge in [0.05, 0.1) is 31.1 Å². The lowest BCUT2D eigenvalue weighted by molar-refractivity contribution is -0.255. The number of carbonyl (C=O) groups is 1. The van der Waals surface area contributed by atoms with E-state index in [0.29, 0.717) is 37.2 Å². The van der Waals surface area contributed by atoms with Gasteiger partial charge in [0.2, 0.25) is 0 Å². The van der Waals surface area contributed by atoms with Gasteiger partial charge in [-0.1, -0.05) is 49.0 Å². The maximum Gasteiger partial charge on any atom is 0.341 e. The van der Waals surface area contributed by atoms with Crippen LogP contribution in [-0.4, -0.2) is 59.1 Å². The Labute approximate surface area is 281 Å². The SMILES string of the molecule is CC(CCCC(C1OCCCO1)C1CCC1CN1CC2(CCCc3cc(Cl)ccc32)COc2ccc(C([NH3+])=O)cc21)C(C)S(=O)[O-]. The fourth-order valence-electron chi connectivity index (χ4n) is 8.36. The van der Waals surface area contributed by atoms with Crippen molar-refractivity contribution in [1.29, 1.82) is 0 Å². The van der Waals surface area contributed by atoms with E-state index >= 15 is 0 Å². The van der Waals surface area contributed by atoms with Crippen molar-refractivity contribution in [2.75, 3.05) is 37.8 Å². The zero-order valence-electron chi connectivity index (χ0n) is 27.2. The summed E-state index contributed by atoms with van der Waals surface area (Å²) in [6.45, 7) is 7.49. The predicted octanol–water partition coefficient (Wildman–Crippen LogP) is 5.67. The van der Waals surface area contributed by atoms with Gasteiger partial charge in [-0.3, -0.25) is 9.94 Å². The van der Waals surface area contributed by atoms with Crippen LogP contribution in [0.4, 0.5) is 5.69 Å². The van der Waals surface area contributed by atoms with Crippen LogP contribution in [0.5, 0.6) is 5.75 Å². The third kappa shape index (κ3) is 7.20. The second kappa shape index (κ2) is 14.6. The van der Waals surface area contributed by atoms with Gasteiger partial charge in [0.15, 0.2) is 6.29 Å². The summed E-state index contributed by atoms with van der Waals surface area (Å²) in [7, 11) is 0. The third-order valence-electron chi connectivity index (χ3n) is 11.3. The highest BCUT2D eigenvalue weighted by Gasteiger charge is 2.46. The van der Waals surface area contributed by atoms with E-state index in [-0.39, 0.29) is 34.7 Å². The van der Waals surface area contributed by atoms with Gasteiger partial charge < -0.3 is 23.7 Å². The van der Waals surface area contributed by atoms with Gasteiger partial charge in [0, 0.05) is 34.7 Å². The summed E-state index contributed by atoms with van der Waals surface area (Å²) >= 11 is 4.39. The van der Waals surface area contributed by atoms with E-state index in [4.69, 9.17) is 25.8 Å². The Hall–Kier alpha value is -2.01. The number of amides is 1. The lowest BCUT2D eigenvalue weighted by Gasteiger charge is -2.48. The van der Waals surface area contributed by atoms with Crippen molar-refractivity contribution in [3.8, 4) is 5.75 Å². The standard InChI is InChI=1S/C36H49ClN2O6S/c1-23(24(2)46(41)42)6-3-8-30(35-43-16-5-17-44-35)29-12-9-27(29)20-39-21-36(15-4-7-25-18-28(37)11-13-31(25)36)22-45-33-14-10-26(34(38)40)19-32(33)39/h10-11,13-14,18-19,23-24,27,29-30,35H,3-9,12,15-17,20-22H2,1-2H3,(H2,38,40)(H,41,42). The van der Waals surface area contributed by atoms with Gasteiger partial charge in [-0.2, -0.15) is 0 Å². The summed E-state index contributed by atoms with van der Waals surface area (Å²) in [5.74, 6) is 1.84. The van der Waals surface area contributed by atoms with E-state index in [1.165, 1.54) is 11.1 Å². The minimum absolute atomic E-state index is 0.104. The monoisotopic (exact) mass is 672 g/mol. The molecule has 2 aromatic carbocycles. The number of carbonyl (C=O) groups excluding carboxylic acids is 1. The molecule has 7 unspecified atom stereocenters. The number of hydrogen-bond donors (Lipinski definition) is 1. The van der Waals surface area contributed by atoms with Gasteiger partial charge in [-0.25, -0.2) is 4.79 Å². The van der Waals surface area contributed by atoms with Crippen molar-refractivity contribution >= 4 is 34.3 Å². The fraction of sp³-hybridized carbons (Fsp3) is 0.639. The molecule has 2 aliphatic carbocycles. The second-order valence-corrected chi connectivity index (χ2v) is 15.9. The Balaban J connectivity index is 1.27. The highest BCUT2D eigenvalue weighted by Crippen LogP contribution is 2.49. The molecular formula is C36H49ClN2O6S. The third-order valence-corrected chi connectivity index (χ3v) is 12.7. The molecular weight excluding hydrogens is 624 g/mol. The number of anilines is 1. The molecule has 3 N–H and O–H groups in total. The molecule has 0 bridgehead atoms. The molecule has 2 aliphatic heterocycles. The Morgan fingerprint density at radius 2 is 1.93 bits per heavy atom. The normalized spacial score (nSPS) is 27.4. The van der Waals surface area contributed by atoms with Crippen molar-refractivity contribution < 1.29 is 33.5 Å². The van der Waals surface area contributed by atoms with Crippen LogP contribution in [0.3, 0.4) is 0 Å². The first kappa shape index (κ1) is 33.9. The molecule has 1 saturated carbocycles. The molecule has 6 rings (SSSR count).